The van der Waals surface area contributed by atoms with E-state index in [4.69, 9.17) is 15.2 Å². The van der Waals surface area contributed by atoms with Crippen LogP contribution in [0, 0.1) is 0 Å². The first-order valence-electron chi connectivity index (χ1n) is 7.02. The third-order valence-electron chi connectivity index (χ3n) is 3.63. The summed E-state index contributed by atoms with van der Waals surface area (Å²) >= 11 is 0. The number of ether oxygens (including phenoxy) is 2. The maximum atomic E-state index is 6.34. The fourth-order valence-electron chi connectivity index (χ4n) is 2.48. The summed E-state index contributed by atoms with van der Waals surface area (Å²) in [7, 11) is 0. The molecule has 3 nitrogen and oxygen atoms in total. The van der Waals surface area contributed by atoms with Gasteiger partial charge in [-0.3, -0.25) is 0 Å². The zero-order valence-electron chi connectivity index (χ0n) is 11.6. The zero-order chi connectivity index (χ0) is 13.9. The molecule has 0 saturated heterocycles. The van der Waals surface area contributed by atoms with Gasteiger partial charge in [-0.1, -0.05) is 43.7 Å². The third kappa shape index (κ3) is 2.49. The van der Waals surface area contributed by atoms with Crippen molar-refractivity contribution in [3.05, 3.63) is 59.2 Å². The van der Waals surface area contributed by atoms with Crippen LogP contribution in [0.15, 0.2) is 42.5 Å². The van der Waals surface area contributed by atoms with Crippen LogP contribution in [-0.2, 0) is 6.42 Å². The Morgan fingerprint density at radius 3 is 2.45 bits per heavy atom. The Labute approximate surface area is 119 Å². The largest absolute Gasteiger partial charge is 0.454 e. The van der Waals surface area contributed by atoms with E-state index in [1.807, 2.05) is 18.2 Å². The van der Waals surface area contributed by atoms with Crippen molar-refractivity contribution < 1.29 is 9.47 Å². The normalized spacial score (nSPS) is 14.3. The maximum Gasteiger partial charge on any atom is 0.231 e. The SMILES string of the molecule is CCCc1ccc(C(N)c2ccc3c(c2)OCO3)cc1. The van der Waals surface area contributed by atoms with Gasteiger partial charge >= 0.3 is 0 Å². The summed E-state index contributed by atoms with van der Waals surface area (Å²) in [5.74, 6) is 1.57. The van der Waals surface area contributed by atoms with Crippen molar-refractivity contribution in [1.82, 2.24) is 0 Å². The van der Waals surface area contributed by atoms with Crippen LogP contribution in [-0.4, -0.2) is 6.79 Å². The summed E-state index contributed by atoms with van der Waals surface area (Å²) in [6.07, 6.45) is 2.27. The molecule has 1 aliphatic rings. The summed E-state index contributed by atoms with van der Waals surface area (Å²) in [6.45, 7) is 2.48. The van der Waals surface area contributed by atoms with Gasteiger partial charge in [0.25, 0.3) is 0 Å². The monoisotopic (exact) mass is 269 g/mol. The number of fused-ring (bicyclic) bond motifs is 1. The number of rotatable bonds is 4. The lowest BCUT2D eigenvalue weighted by atomic mass is 9.97. The van der Waals surface area contributed by atoms with Gasteiger partial charge in [-0.2, -0.15) is 0 Å². The summed E-state index contributed by atoms with van der Waals surface area (Å²) in [5.41, 5.74) is 9.85. The molecule has 0 aromatic heterocycles. The van der Waals surface area contributed by atoms with Gasteiger partial charge in [-0.15, -0.1) is 0 Å². The number of hydrogen-bond donors (Lipinski definition) is 1. The smallest absolute Gasteiger partial charge is 0.231 e. The van der Waals surface area contributed by atoms with Gasteiger partial charge in [0.15, 0.2) is 11.5 Å². The number of hydrogen-bond acceptors (Lipinski definition) is 3. The molecule has 3 heteroatoms. The summed E-state index contributed by atoms with van der Waals surface area (Å²) in [6, 6.07) is 14.3. The number of benzene rings is 2. The molecular formula is C17H19NO2. The number of nitrogens with two attached hydrogens (primary N) is 1. The molecule has 0 radical (unpaired) electrons. The van der Waals surface area contributed by atoms with E-state index in [0.717, 1.165) is 35.5 Å². The molecule has 0 bridgehead atoms. The molecule has 3 rings (SSSR count). The average Bonchev–Trinajstić information content (AvgIpc) is 2.95. The number of aryl methyl sites for hydroxylation is 1. The summed E-state index contributed by atoms with van der Waals surface area (Å²) < 4.78 is 10.7. The van der Waals surface area contributed by atoms with E-state index in [1.165, 1.54) is 5.56 Å². The van der Waals surface area contributed by atoms with Gasteiger partial charge < -0.3 is 15.2 Å². The lowest BCUT2D eigenvalue weighted by Crippen LogP contribution is -2.11. The molecular weight excluding hydrogens is 250 g/mol. The molecule has 1 atom stereocenters. The average molecular weight is 269 g/mol. The molecule has 0 aliphatic carbocycles. The van der Waals surface area contributed by atoms with E-state index in [1.54, 1.807) is 0 Å². The Hall–Kier alpha value is -2.00. The first kappa shape index (κ1) is 13.0. The molecule has 0 amide bonds. The molecule has 0 spiro atoms. The van der Waals surface area contributed by atoms with E-state index in [0.29, 0.717) is 6.79 Å². The van der Waals surface area contributed by atoms with Crippen LogP contribution in [0.1, 0.15) is 36.1 Å². The lowest BCUT2D eigenvalue weighted by molar-refractivity contribution is 0.174. The highest BCUT2D eigenvalue weighted by atomic mass is 16.7. The molecule has 2 N–H and O–H groups in total. The molecule has 1 heterocycles. The lowest BCUT2D eigenvalue weighted by Gasteiger charge is -2.13. The predicted octanol–water partition coefficient (Wildman–Crippen LogP) is 3.42. The molecule has 0 fully saturated rings. The minimum atomic E-state index is -0.139. The van der Waals surface area contributed by atoms with Gasteiger partial charge in [-0.05, 0) is 35.2 Å². The Balaban J connectivity index is 1.82. The van der Waals surface area contributed by atoms with Crippen LogP contribution in [0.4, 0.5) is 0 Å². The minimum absolute atomic E-state index is 0.139. The topological polar surface area (TPSA) is 44.5 Å². The molecule has 2 aromatic rings. The highest BCUT2D eigenvalue weighted by Crippen LogP contribution is 2.35. The molecule has 0 saturated carbocycles. The molecule has 20 heavy (non-hydrogen) atoms. The molecule has 2 aromatic carbocycles. The van der Waals surface area contributed by atoms with Crippen molar-refractivity contribution in [2.75, 3.05) is 6.79 Å². The van der Waals surface area contributed by atoms with Crippen LogP contribution in [0.3, 0.4) is 0 Å². The Bertz CT molecular complexity index is 592. The minimum Gasteiger partial charge on any atom is -0.454 e. The van der Waals surface area contributed by atoms with E-state index in [2.05, 4.69) is 31.2 Å². The molecule has 1 aliphatic heterocycles. The van der Waals surface area contributed by atoms with Crippen molar-refractivity contribution in [3.8, 4) is 11.5 Å². The highest BCUT2D eigenvalue weighted by Gasteiger charge is 2.16. The van der Waals surface area contributed by atoms with Crippen molar-refractivity contribution in [3.63, 3.8) is 0 Å². The molecule has 104 valence electrons. The van der Waals surface area contributed by atoms with Crippen molar-refractivity contribution >= 4 is 0 Å². The van der Waals surface area contributed by atoms with Crippen LogP contribution in [0.25, 0.3) is 0 Å². The van der Waals surface area contributed by atoms with Gasteiger partial charge in [0.1, 0.15) is 0 Å². The Kier molecular flexibility index (Phi) is 3.61. The quantitative estimate of drug-likeness (QED) is 0.925. The first-order valence-corrected chi connectivity index (χ1v) is 7.02. The predicted molar refractivity (Wildman–Crippen MR) is 79.0 cm³/mol. The van der Waals surface area contributed by atoms with Crippen LogP contribution < -0.4 is 15.2 Å². The fourth-order valence-corrected chi connectivity index (χ4v) is 2.48. The van der Waals surface area contributed by atoms with Gasteiger partial charge in [0, 0.05) is 0 Å². The van der Waals surface area contributed by atoms with Crippen molar-refractivity contribution in [1.29, 1.82) is 0 Å². The van der Waals surface area contributed by atoms with Gasteiger partial charge in [-0.25, -0.2) is 0 Å². The van der Waals surface area contributed by atoms with Gasteiger partial charge in [0.2, 0.25) is 6.79 Å². The first-order chi connectivity index (χ1) is 9.78. The summed E-state index contributed by atoms with van der Waals surface area (Å²) in [4.78, 5) is 0. The zero-order valence-corrected chi connectivity index (χ0v) is 11.6. The van der Waals surface area contributed by atoms with Crippen LogP contribution in [0.5, 0.6) is 11.5 Å². The van der Waals surface area contributed by atoms with Crippen LogP contribution in [0.2, 0.25) is 0 Å². The Morgan fingerprint density at radius 2 is 1.70 bits per heavy atom. The second-order valence-corrected chi connectivity index (χ2v) is 5.08. The maximum absolute atomic E-state index is 6.34. The standard InChI is InChI=1S/C17H19NO2/c1-2-3-12-4-6-13(7-5-12)17(18)14-8-9-15-16(10-14)20-11-19-15/h4-10,17H,2-3,11,18H2,1H3. The van der Waals surface area contributed by atoms with E-state index in [9.17, 15) is 0 Å². The highest BCUT2D eigenvalue weighted by molar-refractivity contribution is 5.47. The van der Waals surface area contributed by atoms with Crippen molar-refractivity contribution in [2.45, 2.75) is 25.8 Å². The summed E-state index contributed by atoms with van der Waals surface area (Å²) in [5, 5.41) is 0. The van der Waals surface area contributed by atoms with E-state index >= 15 is 0 Å². The van der Waals surface area contributed by atoms with Crippen LogP contribution >= 0.6 is 0 Å². The van der Waals surface area contributed by atoms with Gasteiger partial charge in [0.05, 0.1) is 6.04 Å². The van der Waals surface area contributed by atoms with E-state index in [-0.39, 0.29) is 6.04 Å². The van der Waals surface area contributed by atoms with Crippen molar-refractivity contribution in [2.24, 2.45) is 5.73 Å². The third-order valence-corrected chi connectivity index (χ3v) is 3.63. The second kappa shape index (κ2) is 5.55. The second-order valence-electron chi connectivity index (χ2n) is 5.08. The van der Waals surface area contributed by atoms with E-state index < -0.39 is 0 Å². The molecule has 1 unspecified atom stereocenters. The fraction of sp³-hybridized carbons (Fsp3) is 0.294. The Morgan fingerprint density at radius 1 is 1.00 bits per heavy atom.